The summed E-state index contributed by atoms with van der Waals surface area (Å²) < 4.78 is 16.2. The summed E-state index contributed by atoms with van der Waals surface area (Å²) in [7, 11) is 0. The van der Waals surface area contributed by atoms with Gasteiger partial charge >= 0.3 is 6.03 Å². The molecule has 9 nitrogen and oxygen atoms in total. The summed E-state index contributed by atoms with van der Waals surface area (Å²) in [6.45, 7) is 1.82. The number of urea groups is 1. The Morgan fingerprint density at radius 3 is 2.84 bits per heavy atom. The Morgan fingerprint density at radius 2 is 2.12 bits per heavy atom. The standard InChI is InChI=1S/C21H19ClFN7O2/c1-10-2-5-14(22)13(18(10)23)9-24-16-7-17(26-12-3-4-12)30-19(28-16)11(8-25-30)6-15-20(31)29-21(32)27-15/h2,5-8,12,26H,3-4,9H2,1H3,(H,24,28)(H2,27,29,31,32)/b15-6-. The molecule has 1 aliphatic heterocycles. The van der Waals surface area contributed by atoms with Gasteiger partial charge in [-0.3, -0.25) is 10.1 Å². The van der Waals surface area contributed by atoms with Crippen LogP contribution in [0.5, 0.6) is 0 Å². The number of aromatic nitrogens is 3. The molecule has 11 heteroatoms. The summed E-state index contributed by atoms with van der Waals surface area (Å²) in [5.41, 5.74) is 1.98. The molecule has 0 spiro atoms. The summed E-state index contributed by atoms with van der Waals surface area (Å²) in [4.78, 5) is 27.9. The van der Waals surface area contributed by atoms with Gasteiger partial charge in [0, 0.05) is 34.8 Å². The van der Waals surface area contributed by atoms with Crippen molar-refractivity contribution < 1.29 is 14.0 Å². The van der Waals surface area contributed by atoms with Crippen LogP contribution in [0.4, 0.5) is 20.8 Å². The molecule has 164 valence electrons. The molecule has 0 unspecified atom stereocenters. The lowest BCUT2D eigenvalue weighted by Crippen LogP contribution is -2.22. The fraction of sp³-hybridized carbons (Fsp3) is 0.238. The van der Waals surface area contributed by atoms with Crippen LogP contribution >= 0.6 is 11.6 Å². The molecule has 1 aliphatic carbocycles. The number of imide groups is 1. The average Bonchev–Trinajstić information content (AvgIpc) is 3.39. The van der Waals surface area contributed by atoms with Crippen molar-refractivity contribution in [2.45, 2.75) is 32.4 Å². The molecular weight excluding hydrogens is 437 g/mol. The lowest BCUT2D eigenvalue weighted by molar-refractivity contribution is -0.115. The molecule has 0 atom stereocenters. The molecule has 3 aromatic rings. The first-order valence-electron chi connectivity index (χ1n) is 10.1. The van der Waals surface area contributed by atoms with Gasteiger partial charge in [-0.25, -0.2) is 14.2 Å². The second-order valence-corrected chi connectivity index (χ2v) is 8.16. The van der Waals surface area contributed by atoms with Crippen LogP contribution in [0.15, 0.2) is 30.1 Å². The first-order chi connectivity index (χ1) is 15.4. The number of carbonyl (C=O) groups excluding carboxylic acids is 2. The van der Waals surface area contributed by atoms with Gasteiger partial charge in [0.2, 0.25) is 0 Å². The highest BCUT2D eigenvalue weighted by atomic mass is 35.5. The van der Waals surface area contributed by atoms with Crippen LogP contribution in [0.3, 0.4) is 0 Å². The van der Waals surface area contributed by atoms with Crippen LogP contribution in [0.25, 0.3) is 11.7 Å². The lowest BCUT2D eigenvalue weighted by atomic mass is 10.1. The molecule has 3 heterocycles. The molecule has 0 bridgehead atoms. The van der Waals surface area contributed by atoms with Crippen molar-refractivity contribution in [3.8, 4) is 0 Å². The number of amides is 3. The van der Waals surface area contributed by atoms with E-state index in [1.807, 2.05) is 0 Å². The predicted molar refractivity (Wildman–Crippen MR) is 118 cm³/mol. The summed E-state index contributed by atoms with van der Waals surface area (Å²) >= 11 is 6.19. The van der Waals surface area contributed by atoms with Crippen LogP contribution in [0, 0.1) is 12.7 Å². The van der Waals surface area contributed by atoms with Crippen molar-refractivity contribution in [2.24, 2.45) is 0 Å². The Bertz CT molecular complexity index is 1300. The highest BCUT2D eigenvalue weighted by molar-refractivity contribution is 6.31. The van der Waals surface area contributed by atoms with Crippen molar-refractivity contribution in [3.63, 3.8) is 0 Å². The first kappa shape index (κ1) is 20.3. The van der Waals surface area contributed by atoms with E-state index in [1.54, 1.807) is 35.8 Å². The van der Waals surface area contributed by atoms with E-state index in [2.05, 4.69) is 31.3 Å². The first-order valence-corrected chi connectivity index (χ1v) is 10.4. The Hall–Kier alpha value is -3.66. The molecule has 1 saturated heterocycles. The topological polar surface area (TPSA) is 112 Å². The van der Waals surface area contributed by atoms with Gasteiger partial charge in [0.1, 0.15) is 23.1 Å². The Labute approximate surface area is 187 Å². The number of hydrogen-bond donors (Lipinski definition) is 4. The monoisotopic (exact) mass is 455 g/mol. The van der Waals surface area contributed by atoms with Crippen molar-refractivity contribution in [2.75, 3.05) is 10.6 Å². The van der Waals surface area contributed by atoms with Gasteiger partial charge in [-0.05, 0) is 37.5 Å². The Morgan fingerprint density at radius 1 is 1.31 bits per heavy atom. The molecule has 2 aromatic heterocycles. The van der Waals surface area contributed by atoms with Crippen molar-refractivity contribution in [3.05, 3.63) is 57.6 Å². The van der Waals surface area contributed by atoms with Crippen molar-refractivity contribution in [1.29, 1.82) is 0 Å². The number of anilines is 2. The fourth-order valence-electron chi connectivity index (χ4n) is 3.41. The minimum absolute atomic E-state index is 0.107. The van der Waals surface area contributed by atoms with E-state index in [1.165, 1.54) is 6.08 Å². The van der Waals surface area contributed by atoms with E-state index in [0.29, 0.717) is 45.0 Å². The third kappa shape index (κ3) is 3.84. The maximum atomic E-state index is 14.5. The second-order valence-electron chi connectivity index (χ2n) is 7.76. The van der Waals surface area contributed by atoms with Gasteiger partial charge in [-0.2, -0.15) is 9.61 Å². The third-order valence-electron chi connectivity index (χ3n) is 5.27. The quantitative estimate of drug-likeness (QED) is 0.335. The zero-order chi connectivity index (χ0) is 22.4. The Balaban J connectivity index is 1.51. The highest BCUT2D eigenvalue weighted by Gasteiger charge is 2.25. The molecule has 2 aliphatic rings. The minimum Gasteiger partial charge on any atom is -0.367 e. The second kappa shape index (κ2) is 7.79. The van der Waals surface area contributed by atoms with Gasteiger partial charge in [0.05, 0.1) is 6.20 Å². The van der Waals surface area contributed by atoms with Crippen LogP contribution in [0.1, 0.15) is 29.5 Å². The van der Waals surface area contributed by atoms with E-state index in [9.17, 15) is 14.0 Å². The molecule has 4 N–H and O–H groups in total. The van der Waals surface area contributed by atoms with Crippen molar-refractivity contribution in [1.82, 2.24) is 25.2 Å². The van der Waals surface area contributed by atoms with Gasteiger partial charge in [-0.15, -0.1) is 0 Å². The molecule has 0 radical (unpaired) electrons. The predicted octanol–water partition coefficient (Wildman–Crippen LogP) is 3.20. The number of carbonyl (C=O) groups is 2. The normalized spacial score (nSPS) is 17.0. The summed E-state index contributed by atoms with van der Waals surface area (Å²) in [5.74, 6) is 0.308. The summed E-state index contributed by atoms with van der Waals surface area (Å²) in [5, 5.41) is 15.9. The smallest absolute Gasteiger partial charge is 0.326 e. The molecule has 5 rings (SSSR count). The van der Waals surface area contributed by atoms with E-state index < -0.39 is 11.9 Å². The van der Waals surface area contributed by atoms with Crippen LogP contribution < -0.4 is 21.3 Å². The number of benzene rings is 1. The van der Waals surface area contributed by atoms with E-state index in [4.69, 9.17) is 11.6 Å². The van der Waals surface area contributed by atoms with Gasteiger partial charge < -0.3 is 16.0 Å². The van der Waals surface area contributed by atoms with Gasteiger partial charge in [0.25, 0.3) is 5.91 Å². The zero-order valence-corrected chi connectivity index (χ0v) is 17.8. The largest absolute Gasteiger partial charge is 0.367 e. The van der Waals surface area contributed by atoms with E-state index in [-0.39, 0.29) is 18.1 Å². The SMILES string of the molecule is Cc1ccc(Cl)c(CNc2cc(NC3CC3)n3ncc(/C=C4\NC(=O)NC4=O)c3n2)c1F. The van der Waals surface area contributed by atoms with Crippen LogP contribution in [-0.4, -0.2) is 32.6 Å². The molecule has 1 aromatic carbocycles. The van der Waals surface area contributed by atoms with Crippen LogP contribution in [0.2, 0.25) is 5.02 Å². The molecule has 32 heavy (non-hydrogen) atoms. The molecule has 1 saturated carbocycles. The maximum absolute atomic E-state index is 14.5. The fourth-order valence-corrected chi connectivity index (χ4v) is 3.62. The lowest BCUT2D eigenvalue weighted by Gasteiger charge is -2.13. The van der Waals surface area contributed by atoms with E-state index >= 15 is 0 Å². The maximum Gasteiger partial charge on any atom is 0.326 e. The van der Waals surface area contributed by atoms with Gasteiger partial charge in [0.15, 0.2) is 5.65 Å². The minimum atomic E-state index is -0.582. The number of aryl methyl sites for hydroxylation is 1. The third-order valence-corrected chi connectivity index (χ3v) is 5.63. The highest BCUT2D eigenvalue weighted by Crippen LogP contribution is 2.28. The number of nitrogens with one attached hydrogen (secondary N) is 4. The molecule has 2 fully saturated rings. The summed E-state index contributed by atoms with van der Waals surface area (Å²) in [6, 6.07) is 4.86. The van der Waals surface area contributed by atoms with E-state index in [0.717, 1.165) is 12.8 Å². The number of rotatable bonds is 6. The summed E-state index contributed by atoms with van der Waals surface area (Å²) in [6.07, 6.45) is 5.19. The van der Waals surface area contributed by atoms with Crippen molar-refractivity contribution >= 4 is 46.9 Å². The number of halogens is 2. The number of fused-ring (bicyclic) bond motifs is 1. The molecular formula is C21H19ClFN7O2. The number of hydrogen-bond acceptors (Lipinski definition) is 6. The zero-order valence-electron chi connectivity index (χ0n) is 17.0. The van der Waals surface area contributed by atoms with Gasteiger partial charge in [-0.1, -0.05) is 17.7 Å². The number of nitrogens with zero attached hydrogens (tertiary/aromatic N) is 3. The molecule has 3 amide bonds. The van der Waals surface area contributed by atoms with Crippen LogP contribution in [-0.2, 0) is 11.3 Å². The Kier molecular flexibility index (Phi) is 4.93. The average molecular weight is 456 g/mol.